The standard InChI is InChI=1S/C43H71N9O12/c1-21(2)16-28(46-32(55)19-44)38(58)47-29(17-22(3)4)39(59)48-30(18-27-14-12-11-13-15-27)37(57)45-25(9)36(56)50-33(23(5)6)41(61)52-35(26(10)54)42(62)49-31(20-53)40(60)51-34(24(7)8)43(63)64/h11-15,21-26,28-31,33-35,53-54H,16-20,44H2,1-10H3,(H,45,57)(H,46,55)(H,47,58)(H,48,59)(H,49,62)(H,50,56)(H,51,60)(H,52,61)(H,63,64)/t25-,26+,28-,29-,30-,31-,33-,34-,35-/m0/s1. The third kappa shape index (κ3) is 19.4. The lowest BCUT2D eigenvalue weighted by Crippen LogP contribution is -2.62. The van der Waals surface area contributed by atoms with E-state index in [9.17, 15) is 58.5 Å². The summed E-state index contributed by atoms with van der Waals surface area (Å²) < 4.78 is 0. The quantitative estimate of drug-likeness (QED) is 0.0453. The minimum absolute atomic E-state index is 0.000998. The van der Waals surface area contributed by atoms with E-state index in [0.717, 1.165) is 0 Å². The first kappa shape index (κ1) is 56.3. The number of amides is 8. The van der Waals surface area contributed by atoms with Crippen molar-refractivity contribution in [1.82, 2.24) is 42.5 Å². The molecule has 13 N–H and O–H groups in total. The summed E-state index contributed by atoms with van der Waals surface area (Å²) in [5.41, 5.74) is 6.12. The van der Waals surface area contributed by atoms with Gasteiger partial charge in [0.25, 0.3) is 0 Å². The van der Waals surface area contributed by atoms with Gasteiger partial charge in [0, 0.05) is 6.42 Å². The van der Waals surface area contributed by atoms with Crippen molar-refractivity contribution in [2.45, 2.75) is 143 Å². The summed E-state index contributed by atoms with van der Waals surface area (Å²) in [5.74, 6) is -9.10. The molecular formula is C43H71N9O12. The number of benzene rings is 1. The predicted molar refractivity (Wildman–Crippen MR) is 235 cm³/mol. The number of carboxylic acids is 1. The highest BCUT2D eigenvalue weighted by Gasteiger charge is 2.36. The number of nitrogens with one attached hydrogen (secondary N) is 8. The number of aliphatic hydroxyl groups is 2. The minimum Gasteiger partial charge on any atom is -0.480 e. The van der Waals surface area contributed by atoms with Gasteiger partial charge in [-0.1, -0.05) is 85.7 Å². The van der Waals surface area contributed by atoms with Crippen LogP contribution >= 0.6 is 0 Å². The normalized spacial score (nSPS) is 15.6. The molecule has 8 amide bonds. The van der Waals surface area contributed by atoms with Gasteiger partial charge in [0.15, 0.2) is 0 Å². The van der Waals surface area contributed by atoms with Crippen LogP contribution in [0.3, 0.4) is 0 Å². The number of hydrogen-bond donors (Lipinski definition) is 12. The highest BCUT2D eigenvalue weighted by Crippen LogP contribution is 2.12. The molecule has 0 fully saturated rings. The van der Waals surface area contributed by atoms with Crippen LogP contribution in [-0.4, -0.2) is 136 Å². The molecule has 0 unspecified atom stereocenters. The molecule has 0 bridgehead atoms. The number of carbonyl (C=O) groups excluding carboxylic acids is 8. The lowest BCUT2D eigenvalue weighted by molar-refractivity contribution is -0.144. The first-order valence-electron chi connectivity index (χ1n) is 21.5. The summed E-state index contributed by atoms with van der Waals surface area (Å²) in [5, 5.41) is 49.6. The zero-order valence-electron chi connectivity index (χ0n) is 38.5. The zero-order valence-corrected chi connectivity index (χ0v) is 38.5. The first-order valence-corrected chi connectivity index (χ1v) is 21.5. The number of hydrogen-bond acceptors (Lipinski definition) is 12. The molecule has 9 atom stereocenters. The topological polar surface area (TPSA) is 337 Å². The van der Waals surface area contributed by atoms with Crippen molar-refractivity contribution in [2.75, 3.05) is 13.2 Å². The molecule has 0 saturated carbocycles. The number of nitrogens with two attached hydrogens (primary N) is 1. The Morgan fingerprint density at radius 1 is 0.516 bits per heavy atom. The number of carboxylic acid groups (broad SMARTS) is 1. The summed E-state index contributed by atoms with van der Waals surface area (Å²) in [6, 6.07) is -1.98. The van der Waals surface area contributed by atoms with E-state index in [0.29, 0.717) is 5.56 Å². The van der Waals surface area contributed by atoms with Gasteiger partial charge in [-0.3, -0.25) is 38.4 Å². The molecule has 1 rings (SSSR count). The van der Waals surface area contributed by atoms with Crippen LogP contribution in [0, 0.1) is 23.7 Å². The van der Waals surface area contributed by atoms with E-state index in [-0.39, 0.29) is 37.6 Å². The van der Waals surface area contributed by atoms with Gasteiger partial charge in [-0.05, 0) is 55.9 Å². The van der Waals surface area contributed by atoms with E-state index in [1.165, 1.54) is 13.8 Å². The minimum atomic E-state index is -1.71. The van der Waals surface area contributed by atoms with E-state index in [4.69, 9.17) is 5.73 Å². The third-order valence-corrected chi connectivity index (χ3v) is 9.91. The van der Waals surface area contributed by atoms with Gasteiger partial charge < -0.3 is 63.6 Å². The van der Waals surface area contributed by atoms with Gasteiger partial charge in [0.2, 0.25) is 47.3 Å². The Morgan fingerprint density at radius 3 is 1.39 bits per heavy atom. The Morgan fingerprint density at radius 2 is 0.938 bits per heavy atom. The number of rotatable bonds is 27. The van der Waals surface area contributed by atoms with Gasteiger partial charge in [-0.15, -0.1) is 0 Å². The predicted octanol–water partition coefficient (Wildman–Crippen LogP) is -2.05. The lowest BCUT2D eigenvalue weighted by Gasteiger charge is -2.29. The Hall–Kier alpha value is -5.67. The Balaban J connectivity index is 3.26. The number of aliphatic hydroxyl groups excluding tert-OH is 2. The second-order valence-electron chi connectivity index (χ2n) is 17.4. The van der Waals surface area contributed by atoms with Gasteiger partial charge >= 0.3 is 5.97 Å². The maximum Gasteiger partial charge on any atom is 0.326 e. The van der Waals surface area contributed by atoms with Gasteiger partial charge in [0.1, 0.15) is 48.3 Å². The van der Waals surface area contributed by atoms with Crippen molar-refractivity contribution < 1.29 is 58.5 Å². The van der Waals surface area contributed by atoms with Crippen LogP contribution < -0.4 is 48.3 Å². The monoisotopic (exact) mass is 906 g/mol. The van der Waals surface area contributed by atoms with Gasteiger partial charge in [-0.2, -0.15) is 0 Å². The molecular weight excluding hydrogens is 835 g/mol. The van der Waals surface area contributed by atoms with Crippen LogP contribution in [0.2, 0.25) is 0 Å². The van der Waals surface area contributed by atoms with Crippen LogP contribution in [0.25, 0.3) is 0 Å². The van der Waals surface area contributed by atoms with E-state index < -0.39 is 126 Å². The van der Waals surface area contributed by atoms with Crippen molar-refractivity contribution in [3.05, 3.63) is 35.9 Å². The van der Waals surface area contributed by atoms with Crippen molar-refractivity contribution in [1.29, 1.82) is 0 Å². The molecule has 1 aromatic carbocycles. The first-order chi connectivity index (χ1) is 29.8. The fourth-order valence-corrected chi connectivity index (χ4v) is 6.33. The van der Waals surface area contributed by atoms with Crippen LogP contribution in [0.15, 0.2) is 30.3 Å². The third-order valence-electron chi connectivity index (χ3n) is 9.91. The molecule has 0 aromatic heterocycles. The molecule has 0 aliphatic rings. The second-order valence-corrected chi connectivity index (χ2v) is 17.4. The van der Waals surface area contributed by atoms with Crippen LogP contribution in [0.1, 0.15) is 87.6 Å². The molecule has 21 heteroatoms. The maximum atomic E-state index is 13.9. The van der Waals surface area contributed by atoms with Crippen molar-refractivity contribution in [3.8, 4) is 0 Å². The van der Waals surface area contributed by atoms with Crippen LogP contribution in [0.5, 0.6) is 0 Å². The second kappa shape index (κ2) is 27.5. The lowest BCUT2D eigenvalue weighted by atomic mass is 9.99. The van der Waals surface area contributed by atoms with E-state index in [2.05, 4.69) is 42.5 Å². The van der Waals surface area contributed by atoms with Crippen molar-refractivity contribution in [2.24, 2.45) is 29.4 Å². The fourth-order valence-electron chi connectivity index (χ4n) is 6.33. The van der Waals surface area contributed by atoms with Crippen molar-refractivity contribution in [3.63, 3.8) is 0 Å². The molecule has 0 heterocycles. The SMILES string of the molecule is CC(C)C[C@H](NC(=O)CN)C(=O)N[C@@H](CC(C)C)C(=O)N[C@@H](Cc1ccccc1)C(=O)N[C@@H](C)C(=O)N[C@H](C(=O)N[C@H](C(=O)N[C@@H](CO)C(=O)N[C@H](C(=O)O)C(C)C)[C@@H](C)O)C(C)C. The smallest absolute Gasteiger partial charge is 0.326 e. The molecule has 0 saturated heterocycles. The van der Waals surface area contributed by atoms with Gasteiger partial charge in [-0.25, -0.2) is 4.79 Å². The Labute approximate surface area is 375 Å². The van der Waals surface area contributed by atoms with Crippen molar-refractivity contribution >= 4 is 53.2 Å². The molecule has 0 aliphatic heterocycles. The Bertz CT molecular complexity index is 1740. The summed E-state index contributed by atoms with van der Waals surface area (Å²) in [7, 11) is 0. The molecule has 0 spiro atoms. The maximum absolute atomic E-state index is 13.9. The molecule has 0 aliphatic carbocycles. The van der Waals surface area contributed by atoms with Crippen LogP contribution in [-0.2, 0) is 49.6 Å². The number of aliphatic carboxylic acids is 1. The average molecular weight is 906 g/mol. The molecule has 360 valence electrons. The fraction of sp³-hybridized carbons (Fsp3) is 0.651. The summed E-state index contributed by atoms with van der Waals surface area (Å²) in [6.07, 6.45) is -1.13. The van der Waals surface area contributed by atoms with E-state index in [1.54, 1.807) is 58.0 Å². The molecule has 1 aromatic rings. The summed E-state index contributed by atoms with van der Waals surface area (Å²) >= 11 is 0. The van der Waals surface area contributed by atoms with E-state index >= 15 is 0 Å². The Kier molecular flexibility index (Phi) is 24.2. The average Bonchev–Trinajstić information content (AvgIpc) is 3.20. The zero-order chi connectivity index (χ0) is 49.0. The van der Waals surface area contributed by atoms with E-state index in [1.807, 2.05) is 27.7 Å². The van der Waals surface area contributed by atoms with Crippen LogP contribution in [0.4, 0.5) is 0 Å². The summed E-state index contributed by atoms with van der Waals surface area (Å²) in [4.78, 5) is 118. The summed E-state index contributed by atoms with van der Waals surface area (Å²) in [6.45, 7) is 14.9. The van der Waals surface area contributed by atoms with Gasteiger partial charge in [0.05, 0.1) is 19.3 Å². The molecule has 0 radical (unpaired) electrons. The molecule has 21 nitrogen and oxygen atoms in total. The molecule has 64 heavy (non-hydrogen) atoms. The number of carbonyl (C=O) groups is 9. The highest BCUT2D eigenvalue weighted by atomic mass is 16.4. The highest BCUT2D eigenvalue weighted by molar-refractivity contribution is 5.98. The largest absolute Gasteiger partial charge is 0.480 e.